The zero-order valence-corrected chi connectivity index (χ0v) is 18.3. The molecule has 31 heavy (non-hydrogen) atoms. The summed E-state index contributed by atoms with van der Waals surface area (Å²) in [6, 6.07) is 22.7. The molecule has 158 valence electrons. The number of rotatable bonds is 6. The lowest BCUT2D eigenvalue weighted by Crippen LogP contribution is -2.28. The van der Waals surface area contributed by atoms with Gasteiger partial charge in [0.25, 0.3) is 5.91 Å². The van der Waals surface area contributed by atoms with Gasteiger partial charge in [0.1, 0.15) is 11.1 Å². The maximum atomic E-state index is 12.8. The van der Waals surface area contributed by atoms with Crippen LogP contribution in [0.4, 0.5) is 11.4 Å². The molecule has 0 bridgehead atoms. The van der Waals surface area contributed by atoms with Crippen LogP contribution >= 0.6 is 11.8 Å². The molecule has 3 aromatic rings. The summed E-state index contributed by atoms with van der Waals surface area (Å²) in [5.41, 5.74) is 4.12. The Bertz CT molecular complexity index is 1100. The van der Waals surface area contributed by atoms with Gasteiger partial charge in [-0.1, -0.05) is 42.0 Å². The highest BCUT2D eigenvalue weighted by molar-refractivity contribution is 8.00. The lowest BCUT2D eigenvalue weighted by Gasteiger charge is -2.26. The van der Waals surface area contributed by atoms with Gasteiger partial charge >= 0.3 is 0 Å². The minimum atomic E-state index is -0.190. The number of carbonyl (C=O) groups excluding carboxylic acids is 2. The Kier molecular flexibility index (Phi) is 6.28. The first kappa shape index (κ1) is 21.0. The number of carbonyl (C=O) groups is 2. The van der Waals surface area contributed by atoms with Crippen molar-refractivity contribution in [1.82, 2.24) is 0 Å². The summed E-state index contributed by atoms with van der Waals surface area (Å²) in [4.78, 5) is 27.2. The number of nitrogens with one attached hydrogen (secondary N) is 1. The van der Waals surface area contributed by atoms with Crippen LogP contribution in [0.5, 0.6) is 5.75 Å². The monoisotopic (exact) mass is 432 g/mol. The van der Waals surface area contributed by atoms with Crippen LogP contribution in [0.2, 0.25) is 0 Å². The third kappa shape index (κ3) is 4.59. The second-order valence-corrected chi connectivity index (χ2v) is 8.34. The topological polar surface area (TPSA) is 58.6 Å². The average molecular weight is 433 g/mol. The van der Waals surface area contributed by atoms with E-state index in [1.54, 1.807) is 16.7 Å². The molecular weight excluding hydrogens is 408 g/mol. The predicted molar refractivity (Wildman–Crippen MR) is 126 cm³/mol. The number of para-hydroxylation sites is 2. The van der Waals surface area contributed by atoms with Crippen molar-refractivity contribution in [1.29, 1.82) is 0 Å². The molecule has 1 aliphatic rings. The number of anilines is 2. The standard InChI is InChI=1S/C25H24N2O3S/c1-3-30-22-10-5-4-9-21(22)27-23(28)16-31-25(27)19-7-6-8-20(15-19)26-24(29)18-13-11-17(2)12-14-18/h4-15,25H,3,16H2,1-2H3,(H,26,29). The first-order chi connectivity index (χ1) is 15.1. The Morgan fingerprint density at radius 2 is 1.87 bits per heavy atom. The van der Waals surface area contributed by atoms with E-state index < -0.39 is 0 Å². The van der Waals surface area contributed by atoms with E-state index in [1.165, 1.54) is 0 Å². The van der Waals surface area contributed by atoms with E-state index in [4.69, 9.17) is 4.74 Å². The molecule has 4 rings (SSSR count). The van der Waals surface area contributed by atoms with Gasteiger partial charge in [0.15, 0.2) is 0 Å². The number of aryl methyl sites for hydroxylation is 1. The van der Waals surface area contributed by atoms with E-state index >= 15 is 0 Å². The Morgan fingerprint density at radius 3 is 2.65 bits per heavy atom. The summed E-state index contributed by atoms with van der Waals surface area (Å²) in [5, 5.41) is 2.77. The SMILES string of the molecule is CCOc1ccccc1N1C(=O)CSC1c1cccc(NC(=O)c2ccc(C)cc2)c1. The van der Waals surface area contributed by atoms with Crippen LogP contribution in [0.1, 0.15) is 33.8 Å². The normalized spacial score (nSPS) is 15.7. The molecule has 1 fully saturated rings. The van der Waals surface area contributed by atoms with Gasteiger partial charge in [-0.15, -0.1) is 11.8 Å². The fourth-order valence-electron chi connectivity index (χ4n) is 3.54. The minimum Gasteiger partial charge on any atom is -0.492 e. The largest absolute Gasteiger partial charge is 0.492 e. The Hall–Kier alpha value is -3.25. The summed E-state index contributed by atoms with van der Waals surface area (Å²) in [5.74, 6) is 0.960. The van der Waals surface area contributed by atoms with Crippen molar-refractivity contribution in [3.05, 3.63) is 89.5 Å². The summed E-state index contributed by atoms with van der Waals surface area (Å²) < 4.78 is 5.76. The lowest BCUT2D eigenvalue weighted by atomic mass is 10.1. The second kappa shape index (κ2) is 9.27. The third-order valence-electron chi connectivity index (χ3n) is 5.04. The van der Waals surface area contributed by atoms with Crippen LogP contribution in [-0.2, 0) is 4.79 Å². The van der Waals surface area contributed by atoms with Gasteiger partial charge in [0.2, 0.25) is 5.91 Å². The molecule has 2 amide bonds. The molecule has 6 heteroatoms. The molecule has 5 nitrogen and oxygen atoms in total. The first-order valence-electron chi connectivity index (χ1n) is 10.2. The molecule has 1 unspecified atom stereocenters. The zero-order chi connectivity index (χ0) is 21.8. The van der Waals surface area contributed by atoms with Crippen molar-refractivity contribution in [3.63, 3.8) is 0 Å². The highest BCUT2D eigenvalue weighted by Gasteiger charge is 2.35. The highest BCUT2D eigenvalue weighted by Crippen LogP contribution is 2.45. The van der Waals surface area contributed by atoms with Gasteiger partial charge in [-0.3, -0.25) is 14.5 Å². The van der Waals surface area contributed by atoms with Crippen molar-refractivity contribution < 1.29 is 14.3 Å². The van der Waals surface area contributed by atoms with Gasteiger partial charge in [-0.25, -0.2) is 0 Å². The predicted octanol–water partition coefficient (Wildman–Crippen LogP) is 5.42. The molecule has 0 spiro atoms. The van der Waals surface area contributed by atoms with Gasteiger partial charge in [-0.2, -0.15) is 0 Å². The van der Waals surface area contributed by atoms with Crippen molar-refractivity contribution in [2.75, 3.05) is 22.6 Å². The summed E-state index contributed by atoms with van der Waals surface area (Å²) in [7, 11) is 0. The van der Waals surface area contributed by atoms with Gasteiger partial charge < -0.3 is 10.1 Å². The maximum Gasteiger partial charge on any atom is 0.255 e. The highest BCUT2D eigenvalue weighted by atomic mass is 32.2. The van der Waals surface area contributed by atoms with E-state index in [0.717, 1.165) is 16.8 Å². The molecule has 1 aliphatic heterocycles. The first-order valence-corrected chi connectivity index (χ1v) is 11.2. The van der Waals surface area contributed by atoms with Crippen molar-refractivity contribution in [2.24, 2.45) is 0 Å². The third-order valence-corrected chi connectivity index (χ3v) is 6.25. The van der Waals surface area contributed by atoms with Gasteiger partial charge in [0, 0.05) is 11.3 Å². The molecular formula is C25H24N2O3S. The number of thioether (sulfide) groups is 1. The van der Waals surface area contributed by atoms with Gasteiger partial charge in [0.05, 0.1) is 18.0 Å². The molecule has 0 radical (unpaired) electrons. The maximum absolute atomic E-state index is 12.8. The summed E-state index contributed by atoms with van der Waals surface area (Å²) >= 11 is 1.57. The van der Waals surface area contributed by atoms with Crippen LogP contribution < -0.4 is 15.0 Å². The zero-order valence-electron chi connectivity index (χ0n) is 17.5. The number of amides is 2. The van der Waals surface area contributed by atoms with Crippen LogP contribution in [0.25, 0.3) is 0 Å². The second-order valence-electron chi connectivity index (χ2n) is 7.27. The van der Waals surface area contributed by atoms with E-state index in [2.05, 4.69) is 5.32 Å². The van der Waals surface area contributed by atoms with Crippen molar-refractivity contribution in [2.45, 2.75) is 19.2 Å². The fraction of sp³-hybridized carbons (Fsp3) is 0.200. The molecule has 1 atom stereocenters. The molecule has 1 N–H and O–H groups in total. The van der Waals surface area contributed by atoms with Crippen molar-refractivity contribution in [3.8, 4) is 5.75 Å². The summed E-state index contributed by atoms with van der Waals surface area (Å²) in [6.07, 6.45) is 0. The van der Waals surface area contributed by atoms with Gasteiger partial charge in [-0.05, 0) is 55.8 Å². The van der Waals surface area contributed by atoms with E-state index in [0.29, 0.717) is 29.4 Å². The van der Waals surface area contributed by atoms with Crippen LogP contribution in [0.3, 0.4) is 0 Å². The van der Waals surface area contributed by atoms with Crippen LogP contribution in [0, 0.1) is 6.92 Å². The number of nitrogens with zero attached hydrogens (tertiary/aromatic N) is 1. The molecule has 0 aliphatic carbocycles. The fourth-order valence-corrected chi connectivity index (χ4v) is 4.70. The minimum absolute atomic E-state index is 0.0382. The molecule has 0 saturated carbocycles. The number of benzene rings is 3. The lowest BCUT2D eigenvalue weighted by molar-refractivity contribution is -0.115. The molecule has 1 heterocycles. The molecule has 3 aromatic carbocycles. The average Bonchev–Trinajstić information content (AvgIpc) is 3.16. The van der Waals surface area contributed by atoms with E-state index in [1.807, 2.05) is 86.6 Å². The molecule has 0 aromatic heterocycles. The quantitative estimate of drug-likeness (QED) is 0.565. The number of hydrogen-bond donors (Lipinski definition) is 1. The number of hydrogen-bond acceptors (Lipinski definition) is 4. The van der Waals surface area contributed by atoms with Crippen LogP contribution in [0.15, 0.2) is 72.8 Å². The van der Waals surface area contributed by atoms with E-state index in [-0.39, 0.29) is 17.2 Å². The molecule has 1 saturated heterocycles. The Morgan fingerprint density at radius 1 is 1.10 bits per heavy atom. The number of ether oxygens (including phenoxy) is 1. The summed E-state index contributed by atoms with van der Waals surface area (Å²) in [6.45, 7) is 4.44. The smallest absolute Gasteiger partial charge is 0.255 e. The Balaban J connectivity index is 1.60. The van der Waals surface area contributed by atoms with Crippen molar-refractivity contribution >= 4 is 35.0 Å². The van der Waals surface area contributed by atoms with Crippen LogP contribution in [-0.4, -0.2) is 24.2 Å². The Labute approximate surface area is 186 Å². The van der Waals surface area contributed by atoms with E-state index in [9.17, 15) is 9.59 Å².